The molecule has 2 rings (SSSR count). The highest BCUT2D eigenvalue weighted by atomic mass is 32.1. The molecular formula is C14H14N4OS. The van der Waals surface area contributed by atoms with Crippen LogP contribution in [0.5, 0.6) is 0 Å². The third-order valence-electron chi connectivity index (χ3n) is 2.43. The summed E-state index contributed by atoms with van der Waals surface area (Å²) in [6.45, 7) is 1.74. The molecule has 1 aromatic heterocycles. The van der Waals surface area contributed by atoms with Gasteiger partial charge in [-0.1, -0.05) is 47.7 Å². The van der Waals surface area contributed by atoms with Crippen molar-refractivity contribution >= 4 is 34.7 Å². The number of carbonyl (C=O) groups is 1. The molecule has 5 nitrogen and oxygen atoms in total. The van der Waals surface area contributed by atoms with Crippen molar-refractivity contribution in [3.8, 4) is 0 Å². The number of nitrogens with one attached hydrogen (secondary N) is 1. The van der Waals surface area contributed by atoms with Crippen molar-refractivity contribution in [3.05, 3.63) is 52.5 Å². The van der Waals surface area contributed by atoms with E-state index in [-0.39, 0.29) is 5.91 Å². The topological polar surface area (TPSA) is 80.4 Å². The van der Waals surface area contributed by atoms with E-state index < -0.39 is 0 Å². The quantitative estimate of drug-likeness (QED) is 0.669. The molecule has 20 heavy (non-hydrogen) atoms. The minimum Gasteiger partial charge on any atom is -0.375 e. The lowest BCUT2D eigenvalue weighted by Gasteiger charge is -1.95. The first kappa shape index (κ1) is 14.0. The molecule has 3 N–H and O–H groups in total. The summed E-state index contributed by atoms with van der Waals surface area (Å²) >= 11 is 1.15. The van der Waals surface area contributed by atoms with E-state index in [1.165, 1.54) is 6.21 Å². The van der Waals surface area contributed by atoms with Gasteiger partial charge in [-0.15, -0.1) is 0 Å². The van der Waals surface area contributed by atoms with Crippen LogP contribution in [-0.4, -0.2) is 17.1 Å². The Kier molecular flexibility index (Phi) is 4.62. The number of hydrogen-bond donors (Lipinski definition) is 2. The van der Waals surface area contributed by atoms with E-state index in [1.54, 1.807) is 13.0 Å². The molecule has 102 valence electrons. The van der Waals surface area contributed by atoms with Gasteiger partial charge < -0.3 is 5.73 Å². The van der Waals surface area contributed by atoms with Crippen molar-refractivity contribution in [2.45, 2.75) is 6.92 Å². The maximum atomic E-state index is 11.8. The van der Waals surface area contributed by atoms with E-state index >= 15 is 0 Å². The number of hydrogen-bond acceptors (Lipinski definition) is 5. The van der Waals surface area contributed by atoms with Crippen LogP contribution in [-0.2, 0) is 0 Å². The molecule has 0 saturated carbocycles. The molecule has 1 heterocycles. The highest BCUT2D eigenvalue weighted by Crippen LogP contribution is 2.19. The summed E-state index contributed by atoms with van der Waals surface area (Å²) in [4.78, 5) is 16.2. The Balaban J connectivity index is 1.89. The fourth-order valence-corrected chi connectivity index (χ4v) is 2.26. The minimum absolute atomic E-state index is 0.305. The summed E-state index contributed by atoms with van der Waals surface area (Å²) in [6, 6.07) is 9.82. The predicted molar refractivity (Wildman–Crippen MR) is 82.7 cm³/mol. The van der Waals surface area contributed by atoms with Crippen molar-refractivity contribution in [1.82, 2.24) is 10.4 Å². The fraction of sp³-hybridized carbons (Fsp3) is 0.0714. The maximum Gasteiger partial charge on any atom is 0.283 e. The van der Waals surface area contributed by atoms with Crippen LogP contribution in [0.4, 0.5) is 5.13 Å². The smallest absolute Gasteiger partial charge is 0.283 e. The minimum atomic E-state index is -0.305. The molecule has 0 atom stereocenters. The van der Waals surface area contributed by atoms with Gasteiger partial charge in [0.1, 0.15) is 4.88 Å². The average molecular weight is 286 g/mol. The third kappa shape index (κ3) is 3.76. The number of aromatic nitrogens is 1. The van der Waals surface area contributed by atoms with Crippen LogP contribution >= 0.6 is 11.3 Å². The number of allylic oxidation sites excluding steroid dienone is 1. The number of anilines is 1. The molecule has 0 unspecified atom stereocenters. The normalized spacial score (nSPS) is 11.2. The van der Waals surface area contributed by atoms with Gasteiger partial charge in [0.25, 0.3) is 5.91 Å². The zero-order valence-electron chi connectivity index (χ0n) is 10.9. The van der Waals surface area contributed by atoms with Crippen LogP contribution in [0.15, 0.2) is 41.5 Å². The number of nitrogens with two attached hydrogens (primary N) is 1. The van der Waals surface area contributed by atoms with E-state index in [9.17, 15) is 4.79 Å². The number of thiazole rings is 1. The summed E-state index contributed by atoms with van der Waals surface area (Å²) in [5.74, 6) is -0.305. The number of hydrazone groups is 1. The van der Waals surface area contributed by atoms with E-state index in [2.05, 4.69) is 15.5 Å². The number of nitrogens with zero attached hydrogens (tertiary/aromatic N) is 2. The molecule has 2 aromatic rings. The van der Waals surface area contributed by atoms with E-state index in [0.29, 0.717) is 15.7 Å². The molecular weight excluding hydrogens is 272 g/mol. The largest absolute Gasteiger partial charge is 0.375 e. The first-order valence-corrected chi connectivity index (χ1v) is 6.76. The van der Waals surface area contributed by atoms with Gasteiger partial charge in [-0.2, -0.15) is 5.10 Å². The number of benzene rings is 1. The summed E-state index contributed by atoms with van der Waals surface area (Å²) in [6.07, 6.45) is 5.17. The van der Waals surface area contributed by atoms with Gasteiger partial charge in [0.15, 0.2) is 5.13 Å². The summed E-state index contributed by atoms with van der Waals surface area (Å²) in [7, 11) is 0. The fourth-order valence-electron chi connectivity index (χ4n) is 1.54. The summed E-state index contributed by atoms with van der Waals surface area (Å²) in [5.41, 5.74) is 9.65. The molecule has 6 heteroatoms. The standard InChI is InChI=1S/C14H14N4OS/c1-10-12(20-14(15)17-10)13(19)18-16-9-5-8-11-6-3-2-4-7-11/h2-9H,1H3,(H2,15,17)(H,18,19)/b8-5+,16-9-. The molecule has 0 fully saturated rings. The molecule has 1 amide bonds. The number of nitrogen functional groups attached to an aromatic ring is 1. The Labute approximate surface area is 120 Å². The highest BCUT2D eigenvalue weighted by Gasteiger charge is 2.12. The van der Waals surface area contributed by atoms with E-state index in [1.807, 2.05) is 36.4 Å². The van der Waals surface area contributed by atoms with Gasteiger partial charge >= 0.3 is 0 Å². The van der Waals surface area contributed by atoms with Gasteiger partial charge in [0.2, 0.25) is 0 Å². The summed E-state index contributed by atoms with van der Waals surface area (Å²) < 4.78 is 0. The molecule has 0 spiro atoms. The lowest BCUT2D eigenvalue weighted by Crippen LogP contribution is -2.16. The molecule has 1 aromatic carbocycles. The Morgan fingerprint density at radius 2 is 2.15 bits per heavy atom. The van der Waals surface area contributed by atoms with Crippen LogP contribution < -0.4 is 11.2 Å². The number of aryl methyl sites for hydroxylation is 1. The van der Waals surface area contributed by atoms with Crippen molar-refractivity contribution in [2.75, 3.05) is 5.73 Å². The lowest BCUT2D eigenvalue weighted by molar-refractivity contribution is 0.0958. The first-order valence-electron chi connectivity index (χ1n) is 5.95. The summed E-state index contributed by atoms with van der Waals surface area (Å²) in [5, 5.41) is 4.22. The van der Waals surface area contributed by atoms with Crippen LogP contribution in [0, 0.1) is 6.92 Å². The molecule has 0 aliphatic heterocycles. The van der Waals surface area contributed by atoms with E-state index in [4.69, 9.17) is 5.73 Å². The second-order valence-electron chi connectivity index (χ2n) is 3.96. The van der Waals surface area contributed by atoms with Crippen LogP contribution in [0.1, 0.15) is 20.9 Å². The van der Waals surface area contributed by atoms with Gasteiger partial charge in [0, 0.05) is 6.21 Å². The van der Waals surface area contributed by atoms with E-state index in [0.717, 1.165) is 16.9 Å². The van der Waals surface area contributed by atoms with Crippen molar-refractivity contribution in [2.24, 2.45) is 5.10 Å². The van der Waals surface area contributed by atoms with Crippen LogP contribution in [0.3, 0.4) is 0 Å². The molecule has 0 aliphatic rings. The third-order valence-corrected chi connectivity index (χ3v) is 3.42. The Morgan fingerprint density at radius 3 is 2.80 bits per heavy atom. The van der Waals surface area contributed by atoms with Crippen molar-refractivity contribution < 1.29 is 4.79 Å². The number of carbonyl (C=O) groups excluding carboxylic acids is 1. The first-order chi connectivity index (χ1) is 9.66. The van der Waals surface area contributed by atoms with Crippen molar-refractivity contribution in [1.29, 1.82) is 0 Å². The van der Waals surface area contributed by atoms with Gasteiger partial charge in [0.05, 0.1) is 5.69 Å². The molecule has 0 bridgehead atoms. The maximum absolute atomic E-state index is 11.8. The van der Waals surface area contributed by atoms with Gasteiger partial charge in [-0.3, -0.25) is 4.79 Å². The lowest BCUT2D eigenvalue weighted by atomic mass is 10.2. The van der Waals surface area contributed by atoms with Gasteiger partial charge in [-0.25, -0.2) is 10.4 Å². The highest BCUT2D eigenvalue weighted by molar-refractivity contribution is 7.17. The average Bonchev–Trinajstić information content (AvgIpc) is 2.78. The van der Waals surface area contributed by atoms with Crippen LogP contribution in [0.2, 0.25) is 0 Å². The number of rotatable bonds is 4. The van der Waals surface area contributed by atoms with Gasteiger partial charge in [-0.05, 0) is 18.6 Å². The zero-order chi connectivity index (χ0) is 14.4. The molecule has 0 radical (unpaired) electrons. The second-order valence-corrected chi connectivity index (χ2v) is 4.99. The zero-order valence-corrected chi connectivity index (χ0v) is 11.7. The molecule has 0 aliphatic carbocycles. The Bertz CT molecular complexity index is 646. The van der Waals surface area contributed by atoms with Crippen molar-refractivity contribution in [3.63, 3.8) is 0 Å². The Hall–Kier alpha value is -2.47. The second kappa shape index (κ2) is 6.63. The SMILES string of the molecule is Cc1nc(N)sc1C(=O)N/N=C\C=C\c1ccccc1. The predicted octanol–water partition coefficient (Wildman–Crippen LogP) is 2.46. The van der Waals surface area contributed by atoms with Crippen LogP contribution in [0.25, 0.3) is 6.08 Å². The Morgan fingerprint density at radius 1 is 1.40 bits per heavy atom. The monoisotopic (exact) mass is 286 g/mol. The molecule has 0 saturated heterocycles. The number of amides is 1.